The normalized spacial score (nSPS) is 53.6. The average molecular weight is 306 g/mol. The zero-order chi connectivity index (χ0) is 16.0. The van der Waals surface area contributed by atoms with Crippen molar-refractivity contribution < 1.29 is 0 Å². The van der Waals surface area contributed by atoms with Crippen LogP contribution < -0.4 is 5.73 Å². The number of fused-ring (bicyclic) bond motifs is 5. The van der Waals surface area contributed by atoms with Gasteiger partial charge in [-0.25, -0.2) is 0 Å². The summed E-state index contributed by atoms with van der Waals surface area (Å²) in [4.78, 5) is 0. The summed E-state index contributed by atoms with van der Waals surface area (Å²) in [7, 11) is 0. The van der Waals surface area contributed by atoms with Crippen molar-refractivity contribution in [3.63, 3.8) is 0 Å². The molecule has 1 nitrogen and oxygen atoms in total. The molecule has 0 amide bonds. The van der Waals surface area contributed by atoms with Crippen molar-refractivity contribution in [2.24, 2.45) is 40.2 Å². The van der Waals surface area contributed by atoms with Gasteiger partial charge >= 0.3 is 0 Å². The van der Waals surface area contributed by atoms with Crippen LogP contribution in [0.4, 0.5) is 0 Å². The third-order valence-corrected chi connectivity index (χ3v) is 8.49. The Bertz CT molecular complexity index is 391. The van der Waals surface area contributed by atoms with Gasteiger partial charge in [-0.15, -0.1) is 0 Å². The lowest BCUT2D eigenvalue weighted by Gasteiger charge is -2.60. The second-order valence-electron chi connectivity index (χ2n) is 9.28. The molecule has 4 aliphatic carbocycles. The quantitative estimate of drug-likeness (QED) is 0.604. The molecular weight excluding hydrogens is 266 g/mol. The highest BCUT2D eigenvalue weighted by Crippen LogP contribution is 2.66. The number of hydrogen-bond acceptors (Lipinski definition) is 1. The first-order valence-corrected chi connectivity index (χ1v) is 10.3. The second-order valence-corrected chi connectivity index (χ2v) is 9.28. The van der Waals surface area contributed by atoms with Crippen LogP contribution in [0.1, 0.15) is 91.9 Å². The molecule has 0 aromatic heterocycles. The van der Waals surface area contributed by atoms with Crippen LogP contribution in [0.15, 0.2) is 0 Å². The molecule has 0 saturated heterocycles. The largest absolute Gasteiger partial charge is 0.328 e. The SMILES string of the molecule is CC.CC12CCCC1C1CCC3CC(N)CCC3(C)C1CC2. The average Bonchev–Trinajstić information content (AvgIpc) is 2.92. The maximum atomic E-state index is 6.28. The van der Waals surface area contributed by atoms with Crippen LogP contribution in [-0.2, 0) is 0 Å². The Morgan fingerprint density at radius 3 is 2.36 bits per heavy atom. The lowest BCUT2D eigenvalue weighted by molar-refractivity contribution is -0.105. The van der Waals surface area contributed by atoms with E-state index < -0.39 is 0 Å². The predicted molar refractivity (Wildman–Crippen MR) is 95.7 cm³/mol. The maximum absolute atomic E-state index is 6.28. The van der Waals surface area contributed by atoms with Gasteiger partial charge in [0.2, 0.25) is 0 Å². The standard InChI is InChI=1S/C19H33N.C2H6/c1-18-9-3-4-16(18)15-6-5-13-12-14(20)7-11-19(13,2)17(15)8-10-18;1-2/h13-17H,3-12,20H2,1-2H3;1-2H3. The van der Waals surface area contributed by atoms with Crippen molar-refractivity contribution in [2.45, 2.75) is 97.9 Å². The molecule has 128 valence electrons. The van der Waals surface area contributed by atoms with Crippen LogP contribution in [0.3, 0.4) is 0 Å². The van der Waals surface area contributed by atoms with Crippen LogP contribution in [0.5, 0.6) is 0 Å². The van der Waals surface area contributed by atoms with Crippen LogP contribution >= 0.6 is 0 Å². The lowest BCUT2D eigenvalue weighted by atomic mass is 9.45. The van der Waals surface area contributed by atoms with Crippen molar-refractivity contribution in [3.05, 3.63) is 0 Å². The van der Waals surface area contributed by atoms with Gasteiger partial charge in [0, 0.05) is 6.04 Å². The Kier molecular flexibility index (Phi) is 4.67. The summed E-state index contributed by atoms with van der Waals surface area (Å²) in [5, 5.41) is 0. The number of nitrogens with two attached hydrogens (primary N) is 1. The van der Waals surface area contributed by atoms with Gasteiger partial charge in [0.25, 0.3) is 0 Å². The summed E-state index contributed by atoms with van der Waals surface area (Å²) in [5.74, 6) is 4.10. The van der Waals surface area contributed by atoms with Gasteiger partial charge in [-0.3, -0.25) is 0 Å². The molecule has 4 saturated carbocycles. The van der Waals surface area contributed by atoms with Crippen LogP contribution in [-0.4, -0.2) is 6.04 Å². The van der Waals surface area contributed by atoms with E-state index in [-0.39, 0.29) is 0 Å². The first-order valence-electron chi connectivity index (χ1n) is 10.3. The molecule has 2 N–H and O–H groups in total. The highest BCUT2D eigenvalue weighted by atomic mass is 14.7. The van der Waals surface area contributed by atoms with E-state index in [1.807, 2.05) is 13.8 Å². The second kappa shape index (κ2) is 6.11. The minimum Gasteiger partial charge on any atom is -0.328 e. The van der Waals surface area contributed by atoms with Crippen molar-refractivity contribution in [3.8, 4) is 0 Å². The summed E-state index contributed by atoms with van der Waals surface area (Å²) in [6.45, 7) is 9.27. The van der Waals surface area contributed by atoms with Crippen LogP contribution in [0.2, 0.25) is 0 Å². The highest BCUT2D eigenvalue weighted by molar-refractivity contribution is 5.07. The molecule has 0 heterocycles. The molecule has 1 heteroatoms. The molecule has 7 atom stereocenters. The Labute approximate surface area is 138 Å². The van der Waals surface area contributed by atoms with Gasteiger partial charge in [-0.2, -0.15) is 0 Å². The molecule has 4 fully saturated rings. The van der Waals surface area contributed by atoms with Crippen molar-refractivity contribution in [2.75, 3.05) is 0 Å². The zero-order valence-corrected chi connectivity index (χ0v) is 15.5. The van der Waals surface area contributed by atoms with Gasteiger partial charge in [0.05, 0.1) is 0 Å². The van der Waals surface area contributed by atoms with E-state index in [0.717, 1.165) is 29.1 Å². The summed E-state index contributed by atoms with van der Waals surface area (Å²) in [5.41, 5.74) is 7.63. The Balaban J connectivity index is 0.000000693. The third-order valence-electron chi connectivity index (χ3n) is 8.49. The molecular formula is C21H39N. The number of rotatable bonds is 0. The molecule has 0 radical (unpaired) electrons. The summed E-state index contributed by atoms with van der Waals surface area (Å²) in [6.07, 6.45) is 14.7. The fourth-order valence-electron chi connectivity index (χ4n) is 7.28. The van der Waals surface area contributed by atoms with Crippen molar-refractivity contribution in [1.82, 2.24) is 0 Å². The Morgan fingerprint density at radius 1 is 0.818 bits per heavy atom. The number of hydrogen-bond donors (Lipinski definition) is 1. The van der Waals surface area contributed by atoms with E-state index in [0.29, 0.717) is 11.5 Å². The smallest absolute Gasteiger partial charge is 0.00418 e. The van der Waals surface area contributed by atoms with Crippen molar-refractivity contribution in [1.29, 1.82) is 0 Å². The summed E-state index contributed by atoms with van der Waals surface area (Å²) >= 11 is 0. The van der Waals surface area contributed by atoms with E-state index in [4.69, 9.17) is 5.73 Å². The molecule has 0 aromatic rings. The highest BCUT2D eigenvalue weighted by Gasteiger charge is 2.57. The van der Waals surface area contributed by atoms with Crippen LogP contribution in [0, 0.1) is 34.5 Å². The molecule has 0 aliphatic heterocycles. The lowest BCUT2D eigenvalue weighted by Crippen LogP contribution is -2.53. The van der Waals surface area contributed by atoms with E-state index >= 15 is 0 Å². The third kappa shape index (κ3) is 2.46. The van der Waals surface area contributed by atoms with E-state index in [9.17, 15) is 0 Å². The van der Waals surface area contributed by atoms with Crippen LogP contribution in [0.25, 0.3) is 0 Å². The van der Waals surface area contributed by atoms with Gasteiger partial charge in [-0.05, 0) is 92.3 Å². The fraction of sp³-hybridized carbons (Fsp3) is 1.00. The van der Waals surface area contributed by atoms with E-state index in [2.05, 4.69) is 13.8 Å². The minimum atomic E-state index is 0.505. The summed E-state index contributed by atoms with van der Waals surface area (Å²) < 4.78 is 0. The first kappa shape index (κ1) is 16.8. The molecule has 7 unspecified atom stereocenters. The summed E-state index contributed by atoms with van der Waals surface area (Å²) in [6, 6.07) is 0.505. The monoisotopic (exact) mass is 305 g/mol. The van der Waals surface area contributed by atoms with Gasteiger partial charge in [-0.1, -0.05) is 34.1 Å². The molecule has 4 aliphatic rings. The maximum Gasteiger partial charge on any atom is 0.00418 e. The topological polar surface area (TPSA) is 26.0 Å². The minimum absolute atomic E-state index is 0.505. The first-order chi connectivity index (χ1) is 10.5. The molecule has 0 spiro atoms. The molecule has 4 rings (SSSR count). The van der Waals surface area contributed by atoms with Gasteiger partial charge < -0.3 is 5.73 Å². The van der Waals surface area contributed by atoms with E-state index in [1.54, 1.807) is 0 Å². The Morgan fingerprint density at radius 2 is 1.59 bits per heavy atom. The van der Waals surface area contributed by atoms with Crippen molar-refractivity contribution >= 4 is 0 Å². The van der Waals surface area contributed by atoms with Gasteiger partial charge in [0.15, 0.2) is 0 Å². The van der Waals surface area contributed by atoms with Gasteiger partial charge in [0.1, 0.15) is 0 Å². The predicted octanol–water partition coefficient (Wildman–Crippen LogP) is 5.77. The molecule has 0 bridgehead atoms. The fourth-order valence-corrected chi connectivity index (χ4v) is 7.28. The Hall–Kier alpha value is -0.0400. The molecule has 0 aromatic carbocycles. The zero-order valence-electron chi connectivity index (χ0n) is 15.5. The molecule has 22 heavy (non-hydrogen) atoms. The van der Waals surface area contributed by atoms with E-state index in [1.165, 1.54) is 64.2 Å².